The molecule has 21 heavy (non-hydrogen) atoms. The highest BCUT2D eigenvalue weighted by Crippen LogP contribution is 2.24. The maximum atomic E-state index is 12.3. The van der Waals surface area contributed by atoms with Gasteiger partial charge in [0.05, 0.1) is 10.7 Å². The average molecular weight is 384 g/mol. The molecular formula is C15H12BrClN2OS. The molecule has 0 bridgehead atoms. The summed E-state index contributed by atoms with van der Waals surface area (Å²) in [6.45, 7) is 1.92. The van der Waals surface area contributed by atoms with E-state index in [9.17, 15) is 4.79 Å². The van der Waals surface area contributed by atoms with E-state index >= 15 is 0 Å². The van der Waals surface area contributed by atoms with Crippen molar-refractivity contribution in [3.05, 3.63) is 62.6 Å². The highest BCUT2D eigenvalue weighted by molar-refractivity contribution is 9.10. The summed E-state index contributed by atoms with van der Waals surface area (Å²) >= 11 is 14.4. The van der Waals surface area contributed by atoms with Gasteiger partial charge in [0.25, 0.3) is 5.91 Å². The number of nitrogens with one attached hydrogen (secondary N) is 1. The predicted molar refractivity (Wildman–Crippen MR) is 94.2 cm³/mol. The van der Waals surface area contributed by atoms with Crippen molar-refractivity contribution in [2.45, 2.75) is 6.92 Å². The number of nitrogens with two attached hydrogens (primary N) is 1. The monoisotopic (exact) mass is 382 g/mol. The second-order valence-electron chi connectivity index (χ2n) is 4.48. The first-order chi connectivity index (χ1) is 9.88. The average Bonchev–Trinajstić information content (AvgIpc) is 2.43. The number of benzene rings is 2. The van der Waals surface area contributed by atoms with Gasteiger partial charge in [0.2, 0.25) is 0 Å². The fourth-order valence-corrected chi connectivity index (χ4v) is 2.29. The van der Waals surface area contributed by atoms with Crippen molar-refractivity contribution < 1.29 is 4.79 Å². The largest absolute Gasteiger partial charge is 0.389 e. The first kappa shape index (κ1) is 15.9. The van der Waals surface area contributed by atoms with Crippen LogP contribution in [0.4, 0.5) is 5.69 Å². The number of carbonyl (C=O) groups excluding carboxylic acids is 1. The summed E-state index contributed by atoms with van der Waals surface area (Å²) in [6.07, 6.45) is 0. The first-order valence-electron chi connectivity index (χ1n) is 6.05. The maximum absolute atomic E-state index is 12.3. The van der Waals surface area contributed by atoms with Crippen LogP contribution in [0, 0.1) is 6.92 Å². The van der Waals surface area contributed by atoms with Crippen molar-refractivity contribution in [2.24, 2.45) is 5.73 Å². The summed E-state index contributed by atoms with van der Waals surface area (Å²) in [4.78, 5) is 12.5. The number of amides is 1. The Kier molecular flexibility index (Phi) is 4.98. The van der Waals surface area contributed by atoms with Crippen LogP contribution in [-0.4, -0.2) is 10.9 Å². The number of hydrogen-bond acceptors (Lipinski definition) is 2. The number of carbonyl (C=O) groups is 1. The molecule has 3 nitrogen and oxygen atoms in total. The van der Waals surface area contributed by atoms with Crippen LogP contribution in [0.5, 0.6) is 0 Å². The number of halogens is 2. The highest BCUT2D eigenvalue weighted by Gasteiger charge is 2.11. The SMILES string of the molecule is Cc1cc(C(=O)Nc2cc(C(N)=S)ccc2Cl)ccc1Br. The van der Waals surface area contributed by atoms with Crippen LogP contribution in [0.3, 0.4) is 0 Å². The van der Waals surface area contributed by atoms with Gasteiger partial charge in [-0.05, 0) is 42.8 Å². The third-order valence-electron chi connectivity index (χ3n) is 2.92. The number of anilines is 1. The molecule has 0 aromatic heterocycles. The van der Waals surface area contributed by atoms with Crippen LogP contribution in [0.25, 0.3) is 0 Å². The summed E-state index contributed by atoms with van der Waals surface area (Å²) in [6, 6.07) is 10.4. The van der Waals surface area contributed by atoms with Gasteiger partial charge in [0.15, 0.2) is 0 Å². The summed E-state index contributed by atoms with van der Waals surface area (Å²) < 4.78 is 0.951. The Labute approximate surface area is 141 Å². The van der Waals surface area contributed by atoms with E-state index in [0.29, 0.717) is 21.8 Å². The minimum Gasteiger partial charge on any atom is -0.389 e. The topological polar surface area (TPSA) is 55.1 Å². The Hall–Kier alpha value is -1.43. The van der Waals surface area contributed by atoms with E-state index in [4.69, 9.17) is 29.6 Å². The van der Waals surface area contributed by atoms with Crippen molar-refractivity contribution in [1.82, 2.24) is 0 Å². The molecule has 108 valence electrons. The molecule has 0 saturated heterocycles. The molecule has 1 amide bonds. The van der Waals surface area contributed by atoms with E-state index < -0.39 is 0 Å². The van der Waals surface area contributed by atoms with Gasteiger partial charge in [-0.25, -0.2) is 0 Å². The lowest BCUT2D eigenvalue weighted by Crippen LogP contribution is -2.14. The Morgan fingerprint density at radius 1 is 1.24 bits per heavy atom. The third kappa shape index (κ3) is 3.81. The van der Waals surface area contributed by atoms with Gasteiger partial charge in [0, 0.05) is 15.6 Å². The van der Waals surface area contributed by atoms with Crippen molar-refractivity contribution in [3.63, 3.8) is 0 Å². The van der Waals surface area contributed by atoms with Crippen LogP contribution in [0.1, 0.15) is 21.5 Å². The molecule has 0 fully saturated rings. The normalized spacial score (nSPS) is 10.2. The number of hydrogen-bond donors (Lipinski definition) is 2. The molecule has 0 aliphatic heterocycles. The minimum atomic E-state index is -0.243. The molecule has 0 heterocycles. The van der Waals surface area contributed by atoms with Gasteiger partial charge in [-0.1, -0.05) is 45.8 Å². The highest BCUT2D eigenvalue weighted by atomic mass is 79.9. The summed E-state index contributed by atoms with van der Waals surface area (Å²) in [5, 5.41) is 3.20. The second-order valence-corrected chi connectivity index (χ2v) is 6.18. The molecular weight excluding hydrogens is 372 g/mol. The molecule has 2 rings (SSSR count). The number of thiocarbonyl (C=S) groups is 1. The van der Waals surface area contributed by atoms with Crippen LogP contribution >= 0.6 is 39.7 Å². The first-order valence-corrected chi connectivity index (χ1v) is 7.63. The standard InChI is InChI=1S/C15H12BrClN2OS/c1-8-6-10(2-4-11(8)16)15(20)19-13-7-9(14(18)21)3-5-12(13)17/h2-7H,1H3,(H2,18,21)(H,19,20). The van der Waals surface area contributed by atoms with Gasteiger partial charge < -0.3 is 11.1 Å². The summed E-state index contributed by atoms with van der Waals surface area (Å²) in [7, 11) is 0. The van der Waals surface area contributed by atoms with Crippen molar-refractivity contribution in [1.29, 1.82) is 0 Å². The molecule has 0 aliphatic rings. The molecule has 3 N–H and O–H groups in total. The maximum Gasteiger partial charge on any atom is 0.255 e. The Balaban J connectivity index is 2.28. The van der Waals surface area contributed by atoms with Gasteiger partial charge in [0.1, 0.15) is 4.99 Å². The molecule has 6 heteroatoms. The smallest absolute Gasteiger partial charge is 0.255 e. The molecule has 2 aromatic rings. The lowest BCUT2D eigenvalue weighted by molar-refractivity contribution is 0.102. The Morgan fingerprint density at radius 3 is 2.52 bits per heavy atom. The molecule has 0 aliphatic carbocycles. The van der Waals surface area contributed by atoms with Crippen LogP contribution in [0.15, 0.2) is 40.9 Å². The van der Waals surface area contributed by atoms with E-state index in [-0.39, 0.29) is 10.9 Å². The Bertz CT molecular complexity index is 734. The van der Waals surface area contributed by atoms with Crippen LogP contribution in [0.2, 0.25) is 5.02 Å². The van der Waals surface area contributed by atoms with E-state index in [0.717, 1.165) is 10.0 Å². The second kappa shape index (κ2) is 6.56. The third-order valence-corrected chi connectivity index (χ3v) is 4.37. The fraction of sp³-hybridized carbons (Fsp3) is 0.0667. The van der Waals surface area contributed by atoms with E-state index in [2.05, 4.69) is 21.2 Å². The van der Waals surface area contributed by atoms with Crippen molar-refractivity contribution >= 4 is 56.3 Å². The van der Waals surface area contributed by atoms with Crippen molar-refractivity contribution in [3.8, 4) is 0 Å². The fourth-order valence-electron chi connectivity index (χ4n) is 1.75. The van der Waals surface area contributed by atoms with Gasteiger partial charge in [-0.3, -0.25) is 4.79 Å². The molecule has 0 atom stereocenters. The van der Waals surface area contributed by atoms with E-state index in [1.807, 2.05) is 13.0 Å². The molecule has 0 unspecified atom stereocenters. The lowest BCUT2D eigenvalue weighted by atomic mass is 10.1. The van der Waals surface area contributed by atoms with Gasteiger partial charge in [-0.2, -0.15) is 0 Å². The molecule has 0 spiro atoms. The minimum absolute atomic E-state index is 0.243. The van der Waals surface area contributed by atoms with Crippen molar-refractivity contribution in [2.75, 3.05) is 5.32 Å². The van der Waals surface area contributed by atoms with Crippen LogP contribution < -0.4 is 11.1 Å². The lowest BCUT2D eigenvalue weighted by Gasteiger charge is -2.10. The van der Waals surface area contributed by atoms with Gasteiger partial charge in [-0.15, -0.1) is 0 Å². The zero-order valence-corrected chi connectivity index (χ0v) is 14.3. The van der Waals surface area contributed by atoms with E-state index in [1.54, 1.807) is 30.3 Å². The Morgan fingerprint density at radius 2 is 1.90 bits per heavy atom. The zero-order chi connectivity index (χ0) is 15.6. The number of rotatable bonds is 3. The quantitative estimate of drug-likeness (QED) is 0.777. The molecule has 0 saturated carbocycles. The summed E-state index contributed by atoms with van der Waals surface area (Å²) in [5.74, 6) is -0.243. The predicted octanol–water partition coefficient (Wildman–Crippen LogP) is 4.30. The number of aryl methyl sites for hydroxylation is 1. The van der Waals surface area contributed by atoms with E-state index in [1.165, 1.54) is 0 Å². The summed E-state index contributed by atoms with van der Waals surface area (Å²) in [5.41, 5.74) is 8.24. The molecule has 0 radical (unpaired) electrons. The van der Waals surface area contributed by atoms with Gasteiger partial charge >= 0.3 is 0 Å². The molecule has 2 aromatic carbocycles. The van der Waals surface area contributed by atoms with Crippen LogP contribution in [-0.2, 0) is 0 Å². The zero-order valence-electron chi connectivity index (χ0n) is 11.1.